The first-order valence-corrected chi connectivity index (χ1v) is 9.02. The van der Waals surface area contributed by atoms with E-state index in [1.807, 2.05) is 50.2 Å². The van der Waals surface area contributed by atoms with E-state index >= 15 is 0 Å². The minimum absolute atomic E-state index is 0.0555. The van der Waals surface area contributed by atoms with Gasteiger partial charge in [-0.1, -0.05) is 50.6 Å². The van der Waals surface area contributed by atoms with E-state index in [4.69, 9.17) is 4.74 Å². The van der Waals surface area contributed by atoms with Crippen molar-refractivity contribution in [3.8, 4) is 5.75 Å². The summed E-state index contributed by atoms with van der Waals surface area (Å²) in [6.45, 7) is 11.9. The third kappa shape index (κ3) is 5.58. The summed E-state index contributed by atoms with van der Waals surface area (Å²) in [6.07, 6.45) is -0.745. The van der Waals surface area contributed by atoms with Crippen LogP contribution in [0.1, 0.15) is 54.7 Å². The van der Waals surface area contributed by atoms with Crippen LogP contribution in [-0.4, -0.2) is 17.9 Å². The molecule has 2 amide bonds. The van der Waals surface area contributed by atoms with Crippen LogP contribution in [0.3, 0.4) is 0 Å². The molecule has 0 aliphatic rings. The average molecular weight is 368 g/mol. The number of nitrogens with one attached hydrogen (secondary N) is 2. The van der Waals surface area contributed by atoms with Crippen LogP contribution in [0, 0.1) is 13.8 Å². The Morgan fingerprint density at radius 1 is 0.963 bits per heavy atom. The van der Waals surface area contributed by atoms with Gasteiger partial charge in [0, 0.05) is 5.56 Å². The Morgan fingerprint density at radius 2 is 1.59 bits per heavy atom. The molecular formula is C22H28N2O3. The molecule has 1 atom stereocenters. The standard InChI is InChI=1S/C22H28N2O3/c1-14-7-12-19(15(2)13-14)21(26)24-23-20(25)16(3)27-18-10-8-17(9-11-18)22(4,5)6/h7-13,16H,1-6H3,(H,23,25)(H,24,26)/t16-/m1/s1. The van der Waals surface area contributed by atoms with Crippen LogP contribution >= 0.6 is 0 Å². The summed E-state index contributed by atoms with van der Waals surface area (Å²) < 4.78 is 5.66. The average Bonchev–Trinajstić information content (AvgIpc) is 2.59. The molecule has 2 rings (SSSR count). The number of benzene rings is 2. The fraction of sp³-hybridized carbons (Fsp3) is 0.364. The van der Waals surface area contributed by atoms with Gasteiger partial charge in [-0.2, -0.15) is 0 Å². The number of hydrogen-bond acceptors (Lipinski definition) is 3. The van der Waals surface area contributed by atoms with Crippen LogP contribution in [0.2, 0.25) is 0 Å². The van der Waals surface area contributed by atoms with Crippen molar-refractivity contribution in [1.82, 2.24) is 10.9 Å². The summed E-state index contributed by atoms with van der Waals surface area (Å²) in [5.41, 5.74) is 8.54. The Balaban J connectivity index is 1.91. The number of hydrogen-bond donors (Lipinski definition) is 2. The maximum Gasteiger partial charge on any atom is 0.279 e. The SMILES string of the molecule is Cc1ccc(C(=O)NNC(=O)[C@@H](C)Oc2ccc(C(C)(C)C)cc2)c(C)c1. The molecule has 0 saturated carbocycles. The smallest absolute Gasteiger partial charge is 0.279 e. The van der Waals surface area contributed by atoms with E-state index in [0.717, 1.165) is 11.1 Å². The van der Waals surface area contributed by atoms with E-state index in [2.05, 4.69) is 31.6 Å². The number of ether oxygens (including phenoxy) is 1. The van der Waals surface area contributed by atoms with Gasteiger partial charge in [0.05, 0.1) is 0 Å². The van der Waals surface area contributed by atoms with Crippen LogP contribution < -0.4 is 15.6 Å². The van der Waals surface area contributed by atoms with Gasteiger partial charge in [0.1, 0.15) is 5.75 Å². The molecule has 0 fully saturated rings. The molecular weight excluding hydrogens is 340 g/mol. The fourth-order valence-electron chi connectivity index (χ4n) is 2.65. The first-order chi connectivity index (χ1) is 12.6. The third-order valence-corrected chi connectivity index (χ3v) is 4.33. The van der Waals surface area contributed by atoms with Gasteiger partial charge in [0.25, 0.3) is 11.8 Å². The first kappa shape index (κ1) is 20.5. The van der Waals surface area contributed by atoms with Gasteiger partial charge in [0.2, 0.25) is 0 Å². The Bertz CT molecular complexity index is 820. The van der Waals surface area contributed by atoms with Crippen molar-refractivity contribution in [3.05, 3.63) is 64.7 Å². The molecule has 0 spiro atoms. The molecule has 0 bridgehead atoms. The summed E-state index contributed by atoms with van der Waals surface area (Å²) >= 11 is 0. The zero-order valence-electron chi connectivity index (χ0n) is 16.8. The van der Waals surface area contributed by atoms with Crippen molar-refractivity contribution < 1.29 is 14.3 Å². The Morgan fingerprint density at radius 3 is 2.15 bits per heavy atom. The highest BCUT2D eigenvalue weighted by Crippen LogP contribution is 2.24. The molecule has 0 heterocycles. The normalized spacial score (nSPS) is 12.2. The molecule has 2 aromatic rings. The number of aryl methyl sites for hydroxylation is 2. The van der Waals surface area contributed by atoms with Gasteiger partial charge < -0.3 is 4.74 Å². The van der Waals surface area contributed by atoms with Gasteiger partial charge in [-0.25, -0.2) is 0 Å². The van der Waals surface area contributed by atoms with Crippen molar-refractivity contribution in [3.63, 3.8) is 0 Å². The molecule has 0 saturated heterocycles. The van der Waals surface area contributed by atoms with Crippen LogP contribution in [0.5, 0.6) is 5.75 Å². The predicted molar refractivity (Wildman–Crippen MR) is 107 cm³/mol. The van der Waals surface area contributed by atoms with Crippen molar-refractivity contribution in [2.75, 3.05) is 0 Å². The van der Waals surface area contributed by atoms with Crippen molar-refractivity contribution in [2.24, 2.45) is 0 Å². The predicted octanol–water partition coefficient (Wildman–Crippen LogP) is 3.83. The molecule has 27 heavy (non-hydrogen) atoms. The topological polar surface area (TPSA) is 67.4 Å². The Labute approximate surface area is 161 Å². The van der Waals surface area contributed by atoms with Crippen molar-refractivity contribution in [1.29, 1.82) is 0 Å². The van der Waals surface area contributed by atoms with Crippen LogP contribution in [0.4, 0.5) is 0 Å². The maximum absolute atomic E-state index is 12.2. The summed E-state index contributed by atoms with van der Waals surface area (Å²) in [5, 5.41) is 0. The highest BCUT2D eigenvalue weighted by Gasteiger charge is 2.18. The number of hydrazine groups is 1. The maximum atomic E-state index is 12.2. The van der Waals surface area contributed by atoms with Crippen LogP contribution in [0.25, 0.3) is 0 Å². The molecule has 0 unspecified atom stereocenters. The van der Waals surface area contributed by atoms with E-state index < -0.39 is 12.0 Å². The second-order valence-electron chi connectivity index (χ2n) is 7.80. The second kappa shape index (κ2) is 8.25. The van der Waals surface area contributed by atoms with Gasteiger partial charge in [-0.15, -0.1) is 0 Å². The molecule has 5 heteroatoms. The molecule has 2 N–H and O–H groups in total. The molecule has 0 aromatic heterocycles. The largest absolute Gasteiger partial charge is 0.481 e. The second-order valence-corrected chi connectivity index (χ2v) is 7.80. The first-order valence-electron chi connectivity index (χ1n) is 9.02. The summed E-state index contributed by atoms with van der Waals surface area (Å²) in [7, 11) is 0. The van der Waals surface area contributed by atoms with Gasteiger partial charge in [-0.05, 0) is 55.5 Å². The Kier molecular flexibility index (Phi) is 6.26. The lowest BCUT2D eigenvalue weighted by Crippen LogP contribution is -2.47. The zero-order chi connectivity index (χ0) is 20.2. The number of rotatable bonds is 4. The molecule has 2 aromatic carbocycles. The summed E-state index contributed by atoms with van der Waals surface area (Å²) in [6, 6.07) is 13.2. The quantitative estimate of drug-likeness (QED) is 0.806. The molecule has 5 nitrogen and oxygen atoms in total. The van der Waals surface area contributed by atoms with Crippen molar-refractivity contribution >= 4 is 11.8 Å². The highest BCUT2D eigenvalue weighted by molar-refractivity contribution is 5.97. The van der Waals surface area contributed by atoms with Crippen LogP contribution in [0.15, 0.2) is 42.5 Å². The highest BCUT2D eigenvalue weighted by atomic mass is 16.5. The minimum Gasteiger partial charge on any atom is -0.481 e. The lowest BCUT2D eigenvalue weighted by Gasteiger charge is -2.20. The molecule has 0 aliphatic carbocycles. The minimum atomic E-state index is -0.745. The van der Waals surface area contributed by atoms with Gasteiger partial charge >= 0.3 is 0 Å². The number of carbonyl (C=O) groups excluding carboxylic acids is 2. The van der Waals surface area contributed by atoms with Crippen LogP contribution in [-0.2, 0) is 10.2 Å². The van der Waals surface area contributed by atoms with E-state index in [1.54, 1.807) is 13.0 Å². The monoisotopic (exact) mass is 368 g/mol. The third-order valence-electron chi connectivity index (χ3n) is 4.33. The Hall–Kier alpha value is -2.82. The van der Waals surface area contributed by atoms with E-state index in [-0.39, 0.29) is 11.3 Å². The fourth-order valence-corrected chi connectivity index (χ4v) is 2.65. The number of amides is 2. The lowest BCUT2D eigenvalue weighted by atomic mass is 9.87. The van der Waals surface area contributed by atoms with Gasteiger partial charge in [0.15, 0.2) is 6.10 Å². The molecule has 0 aliphatic heterocycles. The zero-order valence-corrected chi connectivity index (χ0v) is 16.8. The summed E-state index contributed by atoms with van der Waals surface area (Å²) in [5.74, 6) is -0.179. The number of carbonyl (C=O) groups is 2. The van der Waals surface area contributed by atoms with Gasteiger partial charge in [-0.3, -0.25) is 20.4 Å². The molecule has 144 valence electrons. The van der Waals surface area contributed by atoms with E-state index in [0.29, 0.717) is 11.3 Å². The molecule has 0 radical (unpaired) electrons. The van der Waals surface area contributed by atoms with E-state index in [1.165, 1.54) is 5.56 Å². The van der Waals surface area contributed by atoms with E-state index in [9.17, 15) is 9.59 Å². The lowest BCUT2D eigenvalue weighted by molar-refractivity contribution is -0.128. The van der Waals surface area contributed by atoms with Crippen molar-refractivity contribution in [2.45, 2.75) is 53.1 Å². The summed E-state index contributed by atoms with van der Waals surface area (Å²) in [4.78, 5) is 24.4.